The Morgan fingerprint density at radius 1 is 0.950 bits per heavy atom. The number of nitrogens with one attached hydrogen (secondary N) is 1. The minimum absolute atomic E-state index is 0.0279. The van der Waals surface area contributed by atoms with Crippen molar-refractivity contribution in [3.8, 4) is 0 Å². The Bertz CT molecular complexity index is 1500. The van der Waals surface area contributed by atoms with Gasteiger partial charge in [0.1, 0.15) is 18.4 Å². The summed E-state index contributed by atoms with van der Waals surface area (Å²) in [6, 6.07) is 14.5. The molecule has 0 bridgehead atoms. The van der Waals surface area contributed by atoms with E-state index in [1.165, 1.54) is 48.2 Å². The zero-order valence-corrected chi connectivity index (χ0v) is 25.4. The van der Waals surface area contributed by atoms with Gasteiger partial charge in [-0.15, -0.1) is 0 Å². The van der Waals surface area contributed by atoms with E-state index in [9.17, 15) is 22.4 Å². The van der Waals surface area contributed by atoms with Crippen molar-refractivity contribution in [2.24, 2.45) is 0 Å². The van der Waals surface area contributed by atoms with Crippen molar-refractivity contribution in [1.82, 2.24) is 10.2 Å². The van der Waals surface area contributed by atoms with Crippen LogP contribution in [-0.4, -0.2) is 43.3 Å². The Balaban J connectivity index is 2.07. The van der Waals surface area contributed by atoms with E-state index in [1.54, 1.807) is 39.0 Å². The molecule has 3 rings (SSSR count). The van der Waals surface area contributed by atoms with Crippen LogP contribution in [0.3, 0.4) is 0 Å². The summed E-state index contributed by atoms with van der Waals surface area (Å²) in [6.45, 7) is 6.10. The summed E-state index contributed by atoms with van der Waals surface area (Å²) in [5.74, 6) is -1.91. The molecule has 40 heavy (non-hydrogen) atoms. The van der Waals surface area contributed by atoms with Gasteiger partial charge in [0.25, 0.3) is 10.0 Å². The topological polar surface area (TPSA) is 86.8 Å². The van der Waals surface area contributed by atoms with E-state index in [0.29, 0.717) is 10.6 Å². The first-order valence-electron chi connectivity index (χ1n) is 12.2. The first-order valence-corrected chi connectivity index (χ1v) is 14.8. The summed E-state index contributed by atoms with van der Waals surface area (Å²) in [4.78, 5) is 28.2. The van der Waals surface area contributed by atoms with Gasteiger partial charge in [0.2, 0.25) is 11.8 Å². The number of carbonyl (C=O) groups excluding carboxylic acids is 2. The second kappa shape index (κ2) is 12.8. The van der Waals surface area contributed by atoms with Crippen LogP contribution < -0.4 is 9.62 Å². The van der Waals surface area contributed by atoms with Crippen molar-refractivity contribution in [3.63, 3.8) is 0 Å². The predicted octanol–water partition coefficient (Wildman–Crippen LogP) is 6.31. The lowest BCUT2D eigenvalue weighted by Gasteiger charge is -2.33. The van der Waals surface area contributed by atoms with Gasteiger partial charge in [0.05, 0.1) is 15.6 Å². The van der Waals surface area contributed by atoms with Crippen LogP contribution in [0.4, 0.5) is 10.1 Å². The fourth-order valence-corrected chi connectivity index (χ4v) is 5.85. The zero-order chi connectivity index (χ0) is 29.8. The number of hydrogen-bond donors (Lipinski definition) is 1. The van der Waals surface area contributed by atoms with E-state index in [-0.39, 0.29) is 27.2 Å². The van der Waals surface area contributed by atoms with Gasteiger partial charge in [-0.1, -0.05) is 59.1 Å². The molecule has 0 spiro atoms. The highest BCUT2D eigenvalue weighted by molar-refractivity contribution is 7.92. The van der Waals surface area contributed by atoms with Crippen LogP contribution >= 0.6 is 34.8 Å². The number of anilines is 1. The number of halogens is 4. The molecule has 1 atom stereocenters. The summed E-state index contributed by atoms with van der Waals surface area (Å²) in [7, 11) is -4.31. The molecule has 0 aliphatic rings. The monoisotopic (exact) mass is 627 g/mol. The smallest absolute Gasteiger partial charge is 0.264 e. The number of benzene rings is 3. The predicted molar refractivity (Wildman–Crippen MR) is 157 cm³/mol. The Hall–Kier alpha value is -2.85. The van der Waals surface area contributed by atoms with Crippen molar-refractivity contribution < 1.29 is 22.4 Å². The van der Waals surface area contributed by atoms with E-state index in [0.717, 1.165) is 16.4 Å². The molecule has 214 valence electrons. The normalized spacial score (nSPS) is 12.5. The molecule has 2 amide bonds. The average Bonchev–Trinajstić information content (AvgIpc) is 2.87. The van der Waals surface area contributed by atoms with E-state index in [4.69, 9.17) is 34.8 Å². The first-order chi connectivity index (χ1) is 18.6. The third-order valence-corrected chi connectivity index (χ3v) is 8.49. The summed E-state index contributed by atoms with van der Waals surface area (Å²) >= 11 is 18.4. The molecule has 0 unspecified atom stereocenters. The lowest BCUT2D eigenvalue weighted by atomic mass is 10.1. The molecule has 3 aromatic carbocycles. The Kier molecular flexibility index (Phi) is 10.1. The first kappa shape index (κ1) is 31.7. The molecule has 0 aliphatic heterocycles. The molecule has 0 fully saturated rings. The van der Waals surface area contributed by atoms with Gasteiger partial charge in [-0.2, -0.15) is 0 Å². The lowest BCUT2D eigenvalue weighted by Crippen LogP contribution is -2.54. The molecule has 12 heteroatoms. The van der Waals surface area contributed by atoms with Gasteiger partial charge in [-0.25, -0.2) is 12.8 Å². The minimum atomic E-state index is -4.31. The second-order valence-corrected chi connectivity index (χ2v) is 13.2. The van der Waals surface area contributed by atoms with Gasteiger partial charge < -0.3 is 10.2 Å². The maximum Gasteiger partial charge on any atom is 0.264 e. The van der Waals surface area contributed by atoms with Gasteiger partial charge in [-0.05, 0) is 75.7 Å². The third kappa shape index (κ3) is 7.87. The van der Waals surface area contributed by atoms with Crippen molar-refractivity contribution in [3.05, 3.63) is 93.2 Å². The number of rotatable bonds is 9. The zero-order valence-electron chi connectivity index (χ0n) is 22.3. The molecule has 0 aliphatic carbocycles. The van der Waals surface area contributed by atoms with E-state index in [1.807, 2.05) is 0 Å². The largest absolute Gasteiger partial charge is 0.350 e. The summed E-state index contributed by atoms with van der Waals surface area (Å²) < 4.78 is 42.3. The van der Waals surface area contributed by atoms with Crippen LogP contribution in [0.25, 0.3) is 0 Å². The molecule has 0 aromatic heterocycles. The standard InChI is InChI=1S/C28H29Cl3FN3O4S/c1-18(27(37)33-28(2,3)4)34(16-19-10-11-20(29)14-23(19)30)26(36)17-35(21-12-13-25(32)24(31)15-21)40(38,39)22-8-6-5-7-9-22/h5-15,18H,16-17H2,1-4H3,(H,33,37)/t18-/m1/s1. The van der Waals surface area contributed by atoms with Crippen molar-refractivity contribution in [2.75, 3.05) is 10.8 Å². The maximum absolute atomic E-state index is 14.0. The Labute approximate surface area is 248 Å². The van der Waals surface area contributed by atoms with Crippen LogP contribution in [0, 0.1) is 5.82 Å². The molecule has 3 aromatic rings. The molecule has 0 heterocycles. The molecule has 0 saturated carbocycles. The van der Waals surface area contributed by atoms with Crippen LogP contribution in [-0.2, 0) is 26.2 Å². The van der Waals surface area contributed by atoms with Crippen molar-refractivity contribution in [1.29, 1.82) is 0 Å². The number of amides is 2. The van der Waals surface area contributed by atoms with Crippen molar-refractivity contribution >= 4 is 62.3 Å². The maximum atomic E-state index is 14.0. The second-order valence-electron chi connectivity index (χ2n) is 10.1. The highest BCUT2D eigenvalue weighted by Crippen LogP contribution is 2.29. The Morgan fingerprint density at radius 2 is 1.60 bits per heavy atom. The SMILES string of the molecule is C[C@H](C(=O)NC(C)(C)C)N(Cc1ccc(Cl)cc1Cl)C(=O)CN(c1ccc(F)c(Cl)c1)S(=O)(=O)c1ccccc1. The summed E-state index contributed by atoms with van der Waals surface area (Å²) in [6.07, 6.45) is 0. The van der Waals surface area contributed by atoms with Crippen LogP contribution in [0.1, 0.15) is 33.3 Å². The van der Waals surface area contributed by atoms with Gasteiger partial charge in [-0.3, -0.25) is 13.9 Å². The fraction of sp³-hybridized carbons (Fsp3) is 0.286. The quantitative estimate of drug-likeness (QED) is 0.301. The molecular formula is C28H29Cl3FN3O4S. The van der Waals surface area contributed by atoms with Crippen LogP contribution in [0.2, 0.25) is 15.1 Å². The molecule has 7 nitrogen and oxygen atoms in total. The van der Waals surface area contributed by atoms with Crippen LogP contribution in [0.15, 0.2) is 71.6 Å². The highest BCUT2D eigenvalue weighted by Gasteiger charge is 2.33. The van der Waals surface area contributed by atoms with E-state index < -0.39 is 45.8 Å². The Morgan fingerprint density at radius 3 is 2.17 bits per heavy atom. The molecule has 0 radical (unpaired) electrons. The van der Waals surface area contributed by atoms with E-state index in [2.05, 4.69) is 5.32 Å². The van der Waals surface area contributed by atoms with E-state index >= 15 is 0 Å². The average molecular weight is 629 g/mol. The minimum Gasteiger partial charge on any atom is -0.350 e. The number of carbonyl (C=O) groups is 2. The van der Waals surface area contributed by atoms with Gasteiger partial charge in [0, 0.05) is 22.1 Å². The van der Waals surface area contributed by atoms with Gasteiger partial charge in [0.15, 0.2) is 0 Å². The molecular weight excluding hydrogens is 600 g/mol. The highest BCUT2D eigenvalue weighted by atomic mass is 35.5. The lowest BCUT2D eigenvalue weighted by molar-refractivity contribution is -0.140. The molecule has 0 saturated heterocycles. The van der Waals surface area contributed by atoms with Crippen molar-refractivity contribution in [2.45, 2.75) is 50.7 Å². The third-order valence-electron chi connectivity index (χ3n) is 5.82. The fourth-order valence-electron chi connectivity index (χ4n) is 3.78. The number of hydrogen-bond acceptors (Lipinski definition) is 4. The number of nitrogens with zero attached hydrogens (tertiary/aromatic N) is 2. The van der Waals surface area contributed by atoms with Crippen LogP contribution in [0.5, 0.6) is 0 Å². The summed E-state index contributed by atoms with van der Waals surface area (Å²) in [5.41, 5.74) is -0.122. The number of sulfonamides is 1. The summed E-state index contributed by atoms with van der Waals surface area (Å²) in [5, 5.41) is 3.18. The van der Waals surface area contributed by atoms with Gasteiger partial charge >= 0.3 is 0 Å². The molecule has 1 N–H and O–H groups in total.